The zero-order valence-electron chi connectivity index (χ0n) is 12.6. The zero-order valence-corrected chi connectivity index (χ0v) is 12.6. The summed E-state index contributed by atoms with van der Waals surface area (Å²) in [6, 6.07) is 3.56. The van der Waals surface area contributed by atoms with Crippen LogP contribution in [0.3, 0.4) is 0 Å². The zero-order chi connectivity index (χ0) is 15.6. The molecule has 1 fully saturated rings. The van der Waals surface area contributed by atoms with Gasteiger partial charge in [0.1, 0.15) is 0 Å². The standard InChI is InChI=1S/C15H19NO5/c1-8-10(7-12(17)16-15(8)18)9-5-6-11(19-2)14(21-4)13(9)20-3/h5-6,8,10H,7H2,1-4H3,(H,16,17,18). The maximum absolute atomic E-state index is 11.8. The summed E-state index contributed by atoms with van der Waals surface area (Å²) in [7, 11) is 4.58. The van der Waals surface area contributed by atoms with E-state index in [1.165, 1.54) is 21.3 Å². The number of amides is 2. The molecule has 21 heavy (non-hydrogen) atoms. The molecule has 1 aliphatic heterocycles. The number of ether oxygens (including phenoxy) is 3. The van der Waals surface area contributed by atoms with E-state index in [0.29, 0.717) is 17.2 Å². The minimum absolute atomic E-state index is 0.235. The summed E-state index contributed by atoms with van der Waals surface area (Å²) < 4.78 is 16.0. The third kappa shape index (κ3) is 2.66. The fraction of sp³-hybridized carbons (Fsp3) is 0.467. The Labute approximate surface area is 123 Å². The molecular formula is C15H19NO5. The van der Waals surface area contributed by atoms with E-state index in [1.54, 1.807) is 13.0 Å². The lowest BCUT2D eigenvalue weighted by Crippen LogP contribution is -2.43. The van der Waals surface area contributed by atoms with Gasteiger partial charge in [0.25, 0.3) is 0 Å². The smallest absolute Gasteiger partial charge is 0.230 e. The highest BCUT2D eigenvalue weighted by molar-refractivity contribution is 5.99. The third-order valence-corrected chi connectivity index (χ3v) is 3.82. The molecule has 2 atom stereocenters. The molecule has 1 N–H and O–H groups in total. The largest absolute Gasteiger partial charge is 0.493 e. The van der Waals surface area contributed by atoms with Gasteiger partial charge in [0.05, 0.1) is 21.3 Å². The van der Waals surface area contributed by atoms with Gasteiger partial charge < -0.3 is 14.2 Å². The van der Waals surface area contributed by atoms with Gasteiger partial charge in [-0.1, -0.05) is 13.0 Å². The molecular weight excluding hydrogens is 274 g/mol. The third-order valence-electron chi connectivity index (χ3n) is 3.82. The first-order valence-corrected chi connectivity index (χ1v) is 6.66. The number of imide groups is 1. The first-order valence-electron chi connectivity index (χ1n) is 6.66. The predicted octanol–water partition coefficient (Wildman–Crippen LogP) is 1.48. The molecule has 1 aliphatic rings. The number of carbonyl (C=O) groups is 2. The van der Waals surface area contributed by atoms with Crippen molar-refractivity contribution >= 4 is 11.8 Å². The van der Waals surface area contributed by atoms with Crippen LogP contribution in [-0.2, 0) is 9.59 Å². The van der Waals surface area contributed by atoms with E-state index in [9.17, 15) is 9.59 Å². The fourth-order valence-electron chi connectivity index (χ4n) is 2.66. The second-order valence-electron chi connectivity index (χ2n) is 4.94. The van der Waals surface area contributed by atoms with Crippen molar-refractivity contribution in [3.8, 4) is 17.2 Å². The lowest BCUT2D eigenvalue weighted by Gasteiger charge is -2.29. The molecule has 114 valence electrons. The molecule has 1 saturated heterocycles. The van der Waals surface area contributed by atoms with Crippen molar-refractivity contribution in [2.75, 3.05) is 21.3 Å². The van der Waals surface area contributed by atoms with E-state index >= 15 is 0 Å². The summed E-state index contributed by atoms with van der Waals surface area (Å²) in [6.07, 6.45) is 0.235. The SMILES string of the molecule is COc1ccc(C2CC(=O)NC(=O)C2C)c(OC)c1OC. The molecule has 1 aromatic carbocycles. The monoisotopic (exact) mass is 293 g/mol. The van der Waals surface area contributed by atoms with Crippen molar-refractivity contribution in [2.45, 2.75) is 19.3 Å². The number of nitrogens with one attached hydrogen (secondary N) is 1. The lowest BCUT2D eigenvalue weighted by molar-refractivity contribution is -0.136. The van der Waals surface area contributed by atoms with E-state index < -0.39 is 0 Å². The Morgan fingerprint density at radius 1 is 1.05 bits per heavy atom. The van der Waals surface area contributed by atoms with Gasteiger partial charge in [0, 0.05) is 23.8 Å². The van der Waals surface area contributed by atoms with Crippen molar-refractivity contribution in [1.29, 1.82) is 0 Å². The molecule has 2 rings (SSSR count). The summed E-state index contributed by atoms with van der Waals surface area (Å²) in [6.45, 7) is 1.79. The van der Waals surface area contributed by atoms with Crippen LogP contribution in [0.25, 0.3) is 0 Å². The van der Waals surface area contributed by atoms with Crippen LogP contribution >= 0.6 is 0 Å². The maximum Gasteiger partial charge on any atom is 0.230 e. The van der Waals surface area contributed by atoms with Crippen LogP contribution in [0, 0.1) is 5.92 Å². The van der Waals surface area contributed by atoms with Gasteiger partial charge in [-0.25, -0.2) is 0 Å². The fourth-order valence-corrected chi connectivity index (χ4v) is 2.66. The van der Waals surface area contributed by atoms with Crippen LogP contribution in [-0.4, -0.2) is 33.1 Å². The van der Waals surface area contributed by atoms with Crippen molar-refractivity contribution in [1.82, 2.24) is 5.32 Å². The number of carbonyl (C=O) groups excluding carboxylic acids is 2. The van der Waals surface area contributed by atoms with Gasteiger partial charge >= 0.3 is 0 Å². The molecule has 2 amide bonds. The Hall–Kier alpha value is -2.24. The number of rotatable bonds is 4. The van der Waals surface area contributed by atoms with Crippen LogP contribution < -0.4 is 19.5 Å². The molecule has 6 heteroatoms. The van der Waals surface area contributed by atoms with Crippen molar-refractivity contribution in [3.05, 3.63) is 17.7 Å². The van der Waals surface area contributed by atoms with Gasteiger partial charge in [-0.15, -0.1) is 0 Å². The second-order valence-corrected chi connectivity index (χ2v) is 4.94. The number of hydrogen-bond donors (Lipinski definition) is 1. The molecule has 0 spiro atoms. The summed E-state index contributed by atoms with van der Waals surface area (Å²) in [5.41, 5.74) is 0.769. The summed E-state index contributed by atoms with van der Waals surface area (Å²) in [5, 5.41) is 2.34. The summed E-state index contributed by atoms with van der Waals surface area (Å²) in [5.74, 6) is 0.375. The van der Waals surface area contributed by atoms with E-state index in [0.717, 1.165) is 5.56 Å². The Bertz CT molecular complexity index is 569. The lowest BCUT2D eigenvalue weighted by atomic mass is 9.81. The van der Waals surface area contributed by atoms with Gasteiger partial charge in [-0.3, -0.25) is 14.9 Å². The highest BCUT2D eigenvalue weighted by Crippen LogP contribution is 2.45. The molecule has 0 bridgehead atoms. The topological polar surface area (TPSA) is 73.9 Å². The molecule has 0 radical (unpaired) electrons. The average Bonchev–Trinajstić information content (AvgIpc) is 2.49. The minimum Gasteiger partial charge on any atom is -0.493 e. The highest BCUT2D eigenvalue weighted by Gasteiger charge is 2.36. The maximum atomic E-state index is 11.8. The molecule has 0 aromatic heterocycles. The minimum atomic E-state index is -0.324. The number of methoxy groups -OCH3 is 3. The Morgan fingerprint density at radius 2 is 1.71 bits per heavy atom. The Kier molecular flexibility index (Phi) is 4.35. The molecule has 1 aromatic rings. The highest BCUT2D eigenvalue weighted by atomic mass is 16.5. The first-order chi connectivity index (χ1) is 10.0. The second kappa shape index (κ2) is 6.03. The number of hydrogen-bond acceptors (Lipinski definition) is 5. The normalized spacial score (nSPS) is 21.7. The van der Waals surface area contributed by atoms with Gasteiger partial charge in [0.2, 0.25) is 17.6 Å². The van der Waals surface area contributed by atoms with Crippen LogP contribution in [0.15, 0.2) is 12.1 Å². The Balaban J connectivity index is 2.52. The van der Waals surface area contributed by atoms with Gasteiger partial charge in [-0.05, 0) is 6.07 Å². The van der Waals surface area contributed by atoms with Crippen molar-refractivity contribution in [3.63, 3.8) is 0 Å². The van der Waals surface area contributed by atoms with Crippen molar-refractivity contribution in [2.24, 2.45) is 5.92 Å². The van der Waals surface area contributed by atoms with Crippen molar-refractivity contribution < 1.29 is 23.8 Å². The first kappa shape index (κ1) is 15.2. The predicted molar refractivity (Wildman–Crippen MR) is 75.8 cm³/mol. The van der Waals surface area contributed by atoms with Crippen LogP contribution in [0.2, 0.25) is 0 Å². The van der Waals surface area contributed by atoms with E-state index in [1.807, 2.05) is 6.07 Å². The Morgan fingerprint density at radius 3 is 2.29 bits per heavy atom. The molecule has 1 heterocycles. The van der Waals surface area contributed by atoms with Crippen LogP contribution in [0.5, 0.6) is 17.2 Å². The average molecular weight is 293 g/mol. The molecule has 6 nitrogen and oxygen atoms in total. The van der Waals surface area contributed by atoms with E-state index in [4.69, 9.17) is 14.2 Å². The van der Waals surface area contributed by atoms with Gasteiger partial charge in [0.15, 0.2) is 11.5 Å². The number of benzene rings is 1. The molecule has 2 unspecified atom stereocenters. The summed E-state index contributed by atoms with van der Waals surface area (Å²) in [4.78, 5) is 23.5. The summed E-state index contributed by atoms with van der Waals surface area (Å²) >= 11 is 0. The molecule has 0 saturated carbocycles. The van der Waals surface area contributed by atoms with Gasteiger partial charge in [-0.2, -0.15) is 0 Å². The van der Waals surface area contributed by atoms with Crippen LogP contribution in [0.1, 0.15) is 24.8 Å². The number of piperidine rings is 1. The van der Waals surface area contributed by atoms with Crippen LogP contribution in [0.4, 0.5) is 0 Å². The molecule has 0 aliphatic carbocycles. The van der Waals surface area contributed by atoms with E-state index in [-0.39, 0.29) is 30.1 Å². The quantitative estimate of drug-likeness (QED) is 0.851. The van der Waals surface area contributed by atoms with E-state index in [2.05, 4.69) is 5.32 Å².